The quantitative estimate of drug-likeness (QED) is 0.640. The third kappa shape index (κ3) is 1.80. The van der Waals surface area contributed by atoms with Crippen molar-refractivity contribution in [3.05, 3.63) is 0 Å². The second-order valence-electron chi connectivity index (χ2n) is 3.34. The van der Waals surface area contributed by atoms with Crippen LogP contribution in [0.2, 0.25) is 0 Å². The molecule has 0 amide bonds. The van der Waals surface area contributed by atoms with E-state index < -0.39 is 17.4 Å². The average Bonchev–Trinajstić information content (AvgIpc) is 2.10. The molecule has 2 N–H and O–H groups in total. The Hall–Kier alpha value is 0.110. The van der Waals surface area contributed by atoms with Crippen molar-refractivity contribution in [2.24, 2.45) is 11.7 Å². The molecule has 1 saturated carbocycles. The van der Waals surface area contributed by atoms with E-state index in [-0.39, 0.29) is 18.8 Å². The first-order chi connectivity index (χ1) is 3.84. The molecule has 0 bridgehead atoms. The van der Waals surface area contributed by atoms with Gasteiger partial charge in [-0.3, -0.25) is 0 Å². The van der Waals surface area contributed by atoms with E-state index in [0.717, 1.165) is 0 Å². The molecule has 4 heteroatoms. The topological polar surface area (TPSA) is 26.0 Å². The minimum Gasteiger partial charge on any atom is -0.325 e. The van der Waals surface area contributed by atoms with Crippen LogP contribution in [0.25, 0.3) is 0 Å². The van der Waals surface area contributed by atoms with E-state index in [1.54, 1.807) is 13.8 Å². The van der Waals surface area contributed by atoms with Crippen molar-refractivity contribution in [1.82, 2.24) is 0 Å². The molecule has 0 aromatic heterocycles. The van der Waals surface area contributed by atoms with Gasteiger partial charge in [-0.2, -0.15) is 0 Å². The van der Waals surface area contributed by atoms with Crippen LogP contribution in [0.15, 0.2) is 0 Å². The number of rotatable bonds is 1. The Morgan fingerprint density at radius 1 is 1.50 bits per heavy atom. The predicted molar refractivity (Wildman–Crippen MR) is 38.6 cm³/mol. The molecule has 0 aliphatic heterocycles. The molecular formula is C6H12ClF2N. The molecule has 1 nitrogen and oxygen atoms in total. The molecule has 1 fully saturated rings. The highest BCUT2D eigenvalue weighted by molar-refractivity contribution is 5.85. The monoisotopic (exact) mass is 171 g/mol. The third-order valence-corrected chi connectivity index (χ3v) is 1.72. The smallest absolute Gasteiger partial charge is 0.253 e. The first kappa shape index (κ1) is 10.1. The van der Waals surface area contributed by atoms with E-state index in [1.807, 2.05) is 0 Å². The molecule has 0 heterocycles. The van der Waals surface area contributed by atoms with Crippen LogP contribution in [0.5, 0.6) is 0 Å². The average molecular weight is 172 g/mol. The molecule has 1 atom stereocenters. The fraction of sp³-hybridized carbons (Fsp3) is 1.00. The Bertz CT molecular complexity index is 130. The molecule has 1 aliphatic rings. The Balaban J connectivity index is 0.000000810. The van der Waals surface area contributed by atoms with E-state index >= 15 is 0 Å². The number of hydrogen-bond acceptors (Lipinski definition) is 1. The molecule has 0 radical (unpaired) electrons. The minimum absolute atomic E-state index is 0. The van der Waals surface area contributed by atoms with Gasteiger partial charge >= 0.3 is 0 Å². The molecular weight excluding hydrogens is 160 g/mol. The maximum absolute atomic E-state index is 12.2. The van der Waals surface area contributed by atoms with Gasteiger partial charge in [0, 0.05) is 17.9 Å². The number of halogens is 3. The SMILES string of the molecule is CC(C)(N)C1CC1(F)F.Cl. The summed E-state index contributed by atoms with van der Waals surface area (Å²) in [6, 6.07) is 0. The zero-order valence-electron chi connectivity index (χ0n) is 6.03. The van der Waals surface area contributed by atoms with Crippen LogP contribution in [0.4, 0.5) is 8.78 Å². The van der Waals surface area contributed by atoms with Crippen molar-refractivity contribution in [3.8, 4) is 0 Å². The predicted octanol–water partition coefficient (Wildman–Crippen LogP) is 1.80. The zero-order valence-corrected chi connectivity index (χ0v) is 6.84. The van der Waals surface area contributed by atoms with E-state index in [2.05, 4.69) is 0 Å². The van der Waals surface area contributed by atoms with Gasteiger partial charge < -0.3 is 5.73 Å². The molecule has 0 spiro atoms. The Morgan fingerprint density at radius 3 is 1.80 bits per heavy atom. The van der Waals surface area contributed by atoms with Crippen LogP contribution in [-0.4, -0.2) is 11.5 Å². The van der Waals surface area contributed by atoms with E-state index in [9.17, 15) is 8.78 Å². The minimum atomic E-state index is -2.47. The van der Waals surface area contributed by atoms with Crippen molar-refractivity contribution in [3.63, 3.8) is 0 Å². The van der Waals surface area contributed by atoms with Crippen LogP contribution >= 0.6 is 12.4 Å². The summed E-state index contributed by atoms with van der Waals surface area (Å²) < 4.78 is 24.4. The molecule has 1 rings (SSSR count). The standard InChI is InChI=1S/C6H11F2N.ClH/c1-5(2,9)4-3-6(4,7)8;/h4H,3,9H2,1-2H3;1H. The van der Waals surface area contributed by atoms with Crippen LogP contribution in [0.1, 0.15) is 20.3 Å². The molecule has 0 saturated heterocycles. The van der Waals surface area contributed by atoms with Crippen molar-refractivity contribution >= 4 is 12.4 Å². The van der Waals surface area contributed by atoms with Crippen molar-refractivity contribution in [2.75, 3.05) is 0 Å². The van der Waals surface area contributed by atoms with E-state index in [1.165, 1.54) is 0 Å². The first-order valence-corrected chi connectivity index (χ1v) is 3.01. The summed E-state index contributed by atoms with van der Waals surface area (Å²) in [6.45, 7) is 3.27. The van der Waals surface area contributed by atoms with Gasteiger partial charge in [-0.05, 0) is 13.8 Å². The number of alkyl halides is 2. The Morgan fingerprint density at radius 2 is 1.80 bits per heavy atom. The van der Waals surface area contributed by atoms with Crippen molar-refractivity contribution in [2.45, 2.75) is 31.7 Å². The van der Waals surface area contributed by atoms with Crippen LogP contribution in [0, 0.1) is 5.92 Å². The van der Waals surface area contributed by atoms with Gasteiger partial charge in [0.25, 0.3) is 5.92 Å². The summed E-state index contributed by atoms with van der Waals surface area (Å²) in [7, 11) is 0. The van der Waals surface area contributed by atoms with Gasteiger partial charge in [0.1, 0.15) is 0 Å². The summed E-state index contributed by atoms with van der Waals surface area (Å²) in [4.78, 5) is 0. The maximum atomic E-state index is 12.2. The van der Waals surface area contributed by atoms with E-state index in [4.69, 9.17) is 5.73 Å². The summed E-state index contributed by atoms with van der Waals surface area (Å²) in [5, 5.41) is 0. The molecule has 10 heavy (non-hydrogen) atoms. The summed E-state index contributed by atoms with van der Waals surface area (Å²) in [6.07, 6.45) is -0.0312. The number of hydrogen-bond donors (Lipinski definition) is 1. The lowest BCUT2D eigenvalue weighted by atomic mass is 10.0. The fourth-order valence-corrected chi connectivity index (χ4v) is 1.02. The van der Waals surface area contributed by atoms with Gasteiger partial charge in [-0.1, -0.05) is 0 Å². The lowest BCUT2D eigenvalue weighted by molar-refractivity contribution is 0.0838. The normalized spacial score (nSPS) is 29.1. The molecule has 0 aromatic rings. The second kappa shape index (κ2) is 2.31. The van der Waals surface area contributed by atoms with Gasteiger partial charge in [-0.15, -0.1) is 12.4 Å². The van der Waals surface area contributed by atoms with Crippen LogP contribution in [0.3, 0.4) is 0 Å². The lowest BCUT2D eigenvalue weighted by Gasteiger charge is -2.16. The maximum Gasteiger partial charge on any atom is 0.253 e. The van der Waals surface area contributed by atoms with Gasteiger partial charge in [0.2, 0.25) is 0 Å². The van der Waals surface area contributed by atoms with Gasteiger partial charge in [0.05, 0.1) is 0 Å². The largest absolute Gasteiger partial charge is 0.325 e. The molecule has 1 aliphatic carbocycles. The second-order valence-corrected chi connectivity index (χ2v) is 3.34. The first-order valence-electron chi connectivity index (χ1n) is 3.01. The van der Waals surface area contributed by atoms with Crippen LogP contribution in [-0.2, 0) is 0 Å². The summed E-state index contributed by atoms with van der Waals surface area (Å²) in [5.41, 5.74) is 4.73. The van der Waals surface area contributed by atoms with Gasteiger partial charge in [-0.25, -0.2) is 8.78 Å². The summed E-state index contributed by atoms with van der Waals surface area (Å²) >= 11 is 0. The highest BCUT2D eigenvalue weighted by Gasteiger charge is 2.62. The number of nitrogens with two attached hydrogens (primary N) is 1. The zero-order chi connectivity index (χ0) is 7.28. The van der Waals surface area contributed by atoms with Gasteiger partial charge in [0.15, 0.2) is 0 Å². The fourth-order valence-electron chi connectivity index (χ4n) is 1.02. The highest BCUT2D eigenvalue weighted by atomic mass is 35.5. The lowest BCUT2D eigenvalue weighted by Crippen LogP contribution is -2.36. The van der Waals surface area contributed by atoms with Crippen LogP contribution < -0.4 is 5.73 Å². The molecule has 62 valence electrons. The Kier molecular flexibility index (Phi) is 2.33. The Labute approximate surface area is 65.4 Å². The summed E-state index contributed by atoms with van der Waals surface area (Å²) in [5.74, 6) is -3.07. The molecule has 1 unspecified atom stereocenters. The van der Waals surface area contributed by atoms with Crippen molar-refractivity contribution in [1.29, 1.82) is 0 Å². The van der Waals surface area contributed by atoms with E-state index in [0.29, 0.717) is 0 Å². The van der Waals surface area contributed by atoms with Crippen molar-refractivity contribution < 1.29 is 8.78 Å². The molecule has 0 aromatic carbocycles. The highest BCUT2D eigenvalue weighted by Crippen LogP contribution is 2.53. The third-order valence-electron chi connectivity index (χ3n) is 1.72.